The van der Waals surface area contributed by atoms with Gasteiger partial charge in [0.15, 0.2) is 11.5 Å². The molecule has 1 aliphatic rings. The summed E-state index contributed by atoms with van der Waals surface area (Å²) in [6.07, 6.45) is -2.00. The number of nitrogens with one attached hydrogen (secondary N) is 2. The second-order valence-corrected chi connectivity index (χ2v) is 13.2. The van der Waals surface area contributed by atoms with Crippen molar-refractivity contribution in [2.24, 2.45) is 0 Å². The molecule has 3 rings (SSSR count). The molecular formula is C17H23F4N3OSi. The minimum atomic E-state index is -4.86. The molecule has 2 unspecified atom stereocenters. The maximum absolute atomic E-state index is 14.1. The van der Waals surface area contributed by atoms with Gasteiger partial charge in [-0.25, -0.2) is 9.37 Å². The molecule has 1 fully saturated rings. The summed E-state index contributed by atoms with van der Waals surface area (Å²) < 4.78 is 52.5. The quantitative estimate of drug-likeness (QED) is 0.410. The third-order valence-corrected chi connectivity index (χ3v) is 8.52. The van der Waals surface area contributed by atoms with Crippen LogP contribution in [0.15, 0.2) is 12.3 Å². The molecular weight excluding hydrogens is 366 g/mol. The number of aromatic amines is 1. The molecule has 0 radical (unpaired) electrons. The van der Waals surface area contributed by atoms with Crippen molar-refractivity contribution in [2.75, 3.05) is 0 Å². The van der Waals surface area contributed by atoms with Crippen molar-refractivity contribution in [1.82, 2.24) is 15.3 Å². The normalized spacial score (nSPS) is 22.3. The fraction of sp³-hybridized carbons (Fsp3) is 0.588. The van der Waals surface area contributed by atoms with Gasteiger partial charge in [-0.3, -0.25) is 5.32 Å². The van der Waals surface area contributed by atoms with E-state index in [0.717, 1.165) is 31.5 Å². The van der Waals surface area contributed by atoms with Crippen LogP contribution in [0.25, 0.3) is 10.9 Å². The van der Waals surface area contributed by atoms with Crippen LogP contribution in [0.5, 0.6) is 0 Å². The summed E-state index contributed by atoms with van der Waals surface area (Å²) in [5.74, 6) is -1.42. The predicted molar refractivity (Wildman–Crippen MR) is 93.9 cm³/mol. The lowest BCUT2D eigenvalue weighted by molar-refractivity contribution is -0.143. The molecule has 3 heterocycles. The first-order valence-electron chi connectivity index (χ1n) is 8.75. The second-order valence-electron chi connectivity index (χ2n) is 7.83. The molecule has 2 aromatic rings. The Kier molecular flexibility index (Phi) is 5.15. The fourth-order valence-electron chi connectivity index (χ4n) is 3.57. The molecule has 0 bridgehead atoms. The highest BCUT2D eigenvalue weighted by atomic mass is 28.3. The molecule has 1 aliphatic heterocycles. The molecule has 0 saturated carbocycles. The minimum Gasteiger partial charge on any atom is -0.373 e. The summed E-state index contributed by atoms with van der Waals surface area (Å²) in [5.41, 5.74) is -1.18. The Bertz CT molecular complexity index is 790. The molecule has 26 heavy (non-hydrogen) atoms. The smallest absolute Gasteiger partial charge is 0.373 e. The van der Waals surface area contributed by atoms with Crippen molar-refractivity contribution in [3.63, 3.8) is 0 Å². The van der Waals surface area contributed by atoms with Crippen molar-refractivity contribution in [3.05, 3.63) is 29.5 Å². The Hall–Kier alpha value is -1.45. The van der Waals surface area contributed by atoms with Gasteiger partial charge in [0.25, 0.3) is 0 Å². The third-order valence-electron chi connectivity index (χ3n) is 5.17. The first kappa shape index (κ1) is 19.3. The molecule has 0 aromatic carbocycles. The third kappa shape index (κ3) is 4.10. The number of H-pyrrole nitrogens is 1. The van der Waals surface area contributed by atoms with E-state index in [2.05, 4.69) is 28.4 Å². The fourth-order valence-corrected chi connectivity index (χ4v) is 6.12. The van der Waals surface area contributed by atoms with Crippen molar-refractivity contribution < 1.29 is 22.7 Å². The molecule has 1 saturated heterocycles. The van der Waals surface area contributed by atoms with E-state index < -0.39 is 32.0 Å². The standard InChI is InChI=1S/C17H23F4N3OSi/c1-26(2)6-3-4-10(5-7-26)23-16(25)12-8-11-13(24-12)9-22-15(14(11)18)17(19,20)21/h8-10,16,23-25H,3-7H2,1-2H3. The molecule has 0 amide bonds. The van der Waals surface area contributed by atoms with Gasteiger partial charge in [-0.1, -0.05) is 31.6 Å². The number of hydrogen-bond acceptors (Lipinski definition) is 3. The highest BCUT2D eigenvalue weighted by molar-refractivity contribution is 6.77. The van der Waals surface area contributed by atoms with E-state index in [1.165, 1.54) is 12.1 Å². The van der Waals surface area contributed by atoms with E-state index >= 15 is 0 Å². The highest BCUT2D eigenvalue weighted by Gasteiger charge is 2.37. The van der Waals surface area contributed by atoms with Crippen LogP contribution in [0.1, 0.15) is 36.9 Å². The maximum Gasteiger partial charge on any atom is 0.436 e. The summed E-state index contributed by atoms with van der Waals surface area (Å²) in [6.45, 7) is 4.72. The van der Waals surface area contributed by atoms with Gasteiger partial charge >= 0.3 is 6.18 Å². The van der Waals surface area contributed by atoms with Gasteiger partial charge < -0.3 is 10.1 Å². The van der Waals surface area contributed by atoms with Crippen LogP contribution in [0.2, 0.25) is 25.2 Å². The highest BCUT2D eigenvalue weighted by Crippen LogP contribution is 2.33. The van der Waals surface area contributed by atoms with Crippen LogP contribution in [0.4, 0.5) is 17.6 Å². The number of halogens is 4. The van der Waals surface area contributed by atoms with Gasteiger partial charge in [0.05, 0.1) is 17.4 Å². The summed E-state index contributed by atoms with van der Waals surface area (Å²) in [5, 5.41) is 13.3. The molecule has 2 atom stereocenters. The van der Waals surface area contributed by atoms with Crippen molar-refractivity contribution >= 4 is 19.0 Å². The van der Waals surface area contributed by atoms with Crippen LogP contribution in [0, 0.1) is 5.82 Å². The summed E-state index contributed by atoms with van der Waals surface area (Å²) in [6, 6.07) is 3.77. The number of rotatable bonds is 3. The van der Waals surface area contributed by atoms with E-state index in [1.54, 1.807) is 0 Å². The van der Waals surface area contributed by atoms with E-state index in [9.17, 15) is 22.7 Å². The van der Waals surface area contributed by atoms with Crippen molar-refractivity contribution in [3.8, 4) is 0 Å². The van der Waals surface area contributed by atoms with Gasteiger partial charge in [0, 0.05) is 19.5 Å². The molecule has 0 aliphatic carbocycles. The monoisotopic (exact) mass is 389 g/mol. The molecule has 144 valence electrons. The van der Waals surface area contributed by atoms with Crippen LogP contribution in [0.3, 0.4) is 0 Å². The van der Waals surface area contributed by atoms with Crippen LogP contribution in [-0.2, 0) is 6.18 Å². The van der Waals surface area contributed by atoms with Crippen molar-refractivity contribution in [2.45, 2.75) is 62.9 Å². The lowest BCUT2D eigenvalue weighted by atomic mass is 10.1. The Balaban J connectivity index is 1.78. The first-order chi connectivity index (χ1) is 12.1. The predicted octanol–water partition coefficient (Wildman–Crippen LogP) is 4.56. The molecule has 3 N–H and O–H groups in total. The van der Waals surface area contributed by atoms with Crippen LogP contribution < -0.4 is 5.32 Å². The van der Waals surface area contributed by atoms with Gasteiger partial charge in [0.1, 0.15) is 6.23 Å². The first-order valence-corrected chi connectivity index (χ1v) is 12.2. The molecule has 2 aromatic heterocycles. The van der Waals surface area contributed by atoms with Gasteiger partial charge in [0.2, 0.25) is 0 Å². The number of alkyl halides is 3. The zero-order valence-electron chi connectivity index (χ0n) is 14.8. The number of hydrogen-bond donors (Lipinski definition) is 3. The average Bonchev–Trinajstić information content (AvgIpc) is 2.89. The lowest BCUT2D eigenvalue weighted by Crippen LogP contribution is -2.33. The number of nitrogens with zero attached hydrogens (tertiary/aromatic N) is 1. The second kappa shape index (κ2) is 6.93. The number of fused-ring (bicyclic) bond motifs is 1. The Labute approximate surface area is 150 Å². The van der Waals surface area contributed by atoms with Crippen LogP contribution >= 0.6 is 0 Å². The number of aromatic nitrogens is 2. The summed E-state index contributed by atoms with van der Waals surface area (Å²) in [4.78, 5) is 5.93. The van der Waals surface area contributed by atoms with Crippen LogP contribution in [-0.4, -0.2) is 29.2 Å². The number of aliphatic hydroxyl groups excluding tert-OH is 1. The van der Waals surface area contributed by atoms with Gasteiger partial charge in [-0.2, -0.15) is 13.2 Å². The molecule has 9 heteroatoms. The Morgan fingerprint density at radius 3 is 2.73 bits per heavy atom. The van der Waals surface area contributed by atoms with Gasteiger partial charge in [-0.05, 0) is 18.9 Å². The zero-order valence-corrected chi connectivity index (χ0v) is 15.8. The zero-order chi connectivity index (χ0) is 19.1. The SMILES string of the molecule is C[Si]1(C)CCCC(NC(O)c2cc3c(F)c(C(F)(F)F)ncc3[nH]2)CC1. The Morgan fingerprint density at radius 1 is 1.31 bits per heavy atom. The van der Waals surface area contributed by atoms with E-state index in [-0.39, 0.29) is 22.6 Å². The van der Waals surface area contributed by atoms with E-state index in [0.29, 0.717) is 0 Å². The Morgan fingerprint density at radius 2 is 2.04 bits per heavy atom. The van der Waals surface area contributed by atoms with Gasteiger partial charge in [-0.15, -0.1) is 0 Å². The summed E-state index contributed by atoms with van der Waals surface area (Å²) in [7, 11) is -1.16. The van der Waals surface area contributed by atoms with E-state index in [4.69, 9.17) is 0 Å². The molecule has 4 nitrogen and oxygen atoms in total. The topological polar surface area (TPSA) is 60.9 Å². The average molecular weight is 389 g/mol. The van der Waals surface area contributed by atoms with Crippen molar-refractivity contribution in [1.29, 1.82) is 0 Å². The number of pyridine rings is 1. The summed E-state index contributed by atoms with van der Waals surface area (Å²) >= 11 is 0. The lowest BCUT2D eigenvalue weighted by Gasteiger charge is -2.22. The number of aliphatic hydroxyl groups is 1. The maximum atomic E-state index is 14.1. The van der Waals surface area contributed by atoms with E-state index in [1.807, 2.05) is 0 Å². The largest absolute Gasteiger partial charge is 0.436 e. The molecule has 0 spiro atoms. The minimum absolute atomic E-state index is 0.126.